The van der Waals surface area contributed by atoms with Crippen molar-refractivity contribution in [1.82, 2.24) is 24.7 Å². The first-order valence-electron chi connectivity index (χ1n) is 6.09. The van der Waals surface area contributed by atoms with Crippen LogP contribution < -0.4 is 5.32 Å². The van der Waals surface area contributed by atoms with Crippen molar-refractivity contribution in [1.29, 1.82) is 0 Å². The topological polar surface area (TPSA) is 77.8 Å². The van der Waals surface area contributed by atoms with E-state index < -0.39 is 0 Å². The third kappa shape index (κ3) is 2.85. The fourth-order valence-electron chi connectivity index (χ4n) is 1.56. The minimum atomic E-state index is 0.433. The van der Waals surface area contributed by atoms with Gasteiger partial charge in [-0.05, 0) is 13.0 Å². The van der Waals surface area contributed by atoms with Gasteiger partial charge in [-0.25, -0.2) is 4.68 Å². The van der Waals surface area contributed by atoms with Gasteiger partial charge in [0.25, 0.3) is 5.95 Å². The van der Waals surface area contributed by atoms with Crippen LogP contribution in [0.1, 0.15) is 6.92 Å². The first-order valence-corrected chi connectivity index (χ1v) is 6.97. The predicted octanol–water partition coefficient (Wildman–Crippen LogP) is 0.980. The molecule has 1 aliphatic rings. The predicted molar refractivity (Wildman–Crippen MR) is 71.6 cm³/mol. The third-order valence-electron chi connectivity index (χ3n) is 2.53. The van der Waals surface area contributed by atoms with Crippen LogP contribution in [0.2, 0.25) is 0 Å². The van der Waals surface area contributed by atoms with E-state index in [-0.39, 0.29) is 0 Å². The van der Waals surface area contributed by atoms with Crippen molar-refractivity contribution < 1.29 is 4.74 Å². The lowest BCUT2D eigenvalue weighted by Gasteiger charge is -2.24. The lowest BCUT2D eigenvalue weighted by Crippen LogP contribution is -2.30. The molecule has 7 nitrogen and oxygen atoms in total. The summed E-state index contributed by atoms with van der Waals surface area (Å²) in [4.78, 5) is 13.2. The molecular formula is C11H14N6OS. The Morgan fingerprint density at radius 2 is 2.32 bits per heavy atom. The highest BCUT2D eigenvalue weighted by molar-refractivity contribution is 7.99. The van der Waals surface area contributed by atoms with Crippen LogP contribution in [-0.4, -0.2) is 49.7 Å². The van der Waals surface area contributed by atoms with Gasteiger partial charge in [-0.15, -0.1) is 0 Å². The Kier molecular flexibility index (Phi) is 3.60. The van der Waals surface area contributed by atoms with Gasteiger partial charge in [-0.2, -0.15) is 20.1 Å². The number of nitrogens with one attached hydrogen (secondary N) is 1. The number of anilines is 1. The van der Waals surface area contributed by atoms with Crippen LogP contribution in [0.3, 0.4) is 0 Å². The Bertz CT molecular complexity index is 542. The maximum absolute atomic E-state index is 5.16. The monoisotopic (exact) mass is 278 g/mol. The van der Waals surface area contributed by atoms with Crippen LogP contribution in [0.15, 0.2) is 23.6 Å². The van der Waals surface area contributed by atoms with Crippen molar-refractivity contribution in [2.45, 2.75) is 17.3 Å². The summed E-state index contributed by atoms with van der Waals surface area (Å²) in [5, 5.41) is 8.39. The lowest BCUT2D eigenvalue weighted by molar-refractivity contribution is 0.0454. The largest absolute Gasteiger partial charge is 0.379 e. The molecule has 0 saturated carbocycles. The van der Waals surface area contributed by atoms with Crippen molar-refractivity contribution in [3.05, 3.63) is 18.5 Å². The van der Waals surface area contributed by atoms with Crippen molar-refractivity contribution in [2.24, 2.45) is 0 Å². The van der Waals surface area contributed by atoms with E-state index in [9.17, 15) is 0 Å². The molecule has 1 fully saturated rings. The molecule has 8 heteroatoms. The molecule has 0 radical (unpaired) electrons. The summed E-state index contributed by atoms with van der Waals surface area (Å²) < 4.78 is 6.79. The molecule has 0 unspecified atom stereocenters. The normalized spacial score (nSPS) is 15.2. The summed E-state index contributed by atoms with van der Waals surface area (Å²) in [7, 11) is 0. The Hall–Kier alpha value is -1.67. The Balaban J connectivity index is 1.89. The summed E-state index contributed by atoms with van der Waals surface area (Å²) in [6.45, 7) is 4.27. The molecule has 0 aromatic carbocycles. The van der Waals surface area contributed by atoms with Gasteiger partial charge in [-0.3, -0.25) is 0 Å². The lowest BCUT2D eigenvalue weighted by atomic mass is 10.4. The van der Waals surface area contributed by atoms with E-state index in [0.29, 0.717) is 22.3 Å². The summed E-state index contributed by atoms with van der Waals surface area (Å²) in [5.41, 5.74) is 0. The second kappa shape index (κ2) is 5.54. The van der Waals surface area contributed by atoms with Gasteiger partial charge in [0, 0.05) is 18.9 Å². The van der Waals surface area contributed by atoms with Gasteiger partial charge < -0.3 is 10.1 Å². The quantitative estimate of drug-likeness (QED) is 0.873. The average molecular weight is 278 g/mol. The van der Waals surface area contributed by atoms with Gasteiger partial charge in [-0.1, -0.05) is 11.8 Å². The molecule has 1 aliphatic heterocycles. The fraction of sp³-hybridized carbons (Fsp3) is 0.455. The number of ether oxygens (including phenoxy) is 1. The minimum Gasteiger partial charge on any atom is -0.379 e. The highest BCUT2D eigenvalue weighted by atomic mass is 32.2. The first kappa shape index (κ1) is 12.4. The summed E-state index contributed by atoms with van der Waals surface area (Å²) in [6.07, 6.45) is 3.51. The number of aromatic nitrogens is 5. The molecule has 3 rings (SSSR count). The molecule has 0 amide bonds. The van der Waals surface area contributed by atoms with E-state index >= 15 is 0 Å². The Morgan fingerprint density at radius 3 is 2.95 bits per heavy atom. The van der Waals surface area contributed by atoms with Crippen molar-refractivity contribution >= 4 is 17.7 Å². The molecule has 2 aromatic heterocycles. The van der Waals surface area contributed by atoms with Crippen LogP contribution in [0.4, 0.5) is 5.95 Å². The van der Waals surface area contributed by atoms with E-state index in [1.807, 2.05) is 19.2 Å². The summed E-state index contributed by atoms with van der Waals surface area (Å²) in [6, 6.07) is 1.84. The summed E-state index contributed by atoms with van der Waals surface area (Å²) in [5.74, 6) is 1.10. The van der Waals surface area contributed by atoms with Crippen LogP contribution in [0.5, 0.6) is 0 Å². The van der Waals surface area contributed by atoms with E-state index in [0.717, 1.165) is 19.8 Å². The molecule has 100 valence electrons. The summed E-state index contributed by atoms with van der Waals surface area (Å²) >= 11 is 1.61. The second-order valence-corrected chi connectivity index (χ2v) is 5.27. The molecular weight excluding hydrogens is 264 g/mol. The Morgan fingerprint density at radius 1 is 1.42 bits per heavy atom. The standard InChI is InChI=1S/C11H14N6OS/c1-2-12-9-14-10(17-5-3-4-13-17)16-11(15-9)19-8-6-18-7-8/h3-5,8H,2,6-7H2,1H3,(H,12,14,15,16). The Labute approximate surface area is 114 Å². The van der Waals surface area contributed by atoms with Crippen LogP contribution in [-0.2, 0) is 4.74 Å². The highest BCUT2D eigenvalue weighted by Crippen LogP contribution is 2.26. The van der Waals surface area contributed by atoms with Gasteiger partial charge in [0.05, 0.1) is 18.5 Å². The second-order valence-electron chi connectivity index (χ2n) is 4.00. The van der Waals surface area contributed by atoms with Crippen LogP contribution in [0.25, 0.3) is 5.95 Å². The van der Waals surface area contributed by atoms with Crippen LogP contribution >= 0.6 is 11.8 Å². The fourth-order valence-corrected chi connectivity index (χ4v) is 2.46. The molecule has 0 spiro atoms. The number of hydrogen-bond acceptors (Lipinski definition) is 7. The SMILES string of the molecule is CCNc1nc(SC2COC2)nc(-n2cccn2)n1. The molecule has 19 heavy (non-hydrogen) atoms. The number of hydrogen-bond donors (Lipinski definition) is 1. The number of thioether (sulfide) groups is 1. The zero-order chi connectivity index (χ0) is 13.1. The minimum absolute atomic E-state index is 0.433. The maximum atomic E-state index is 5.16. The molecule has 0 atom stereocenters. The van der Waals surface area contributed by atoms with Crippen molar-refractivity contribution in [2.75, 3.05) is 25.1 Å². The van der Waals surface area contributed by atoms with Crippen molar-refractivity contribution in [3.63, 3.8) is 0 Å². The average Bonchev–Trinajstić information content (AvgIpc) is 2.88. The molecule has 1 saturated heterocycles. The zero-order valence-corrected chi connectivity index (χ0v) is 11.3. The van der Waals surface area contributed by atoms with E-state index in [2.05, 4.69) is 25.4 Å². The van der Waals surface area contributed by atoms with Gasteiger partial charge >= 0.3 is 0 Å². The maximum Gasteiger partial charge on any atom is 0.256 e. The van der Waals surface area contributed by atoms with E-state index in [1.54, 1.807) is 22.6 Å². The molecule has 3 heterocycles. The third-order valence-corrected chi connectivity index (χ3v) is 3.53. The van der Waals surface area contributed by atoms with Gasteiger partial charge in [0.1, 0.15) is 0 Å². The molecule has 2 aromatic rings. The molecule has 0 aliphatic carbocycles. The van der Waals surface area contributed by atoms with Gasteiger partial charge in [0.15, 0.2) is 5.16 Å². The highest BCUT2D eigenvalue weighted by Gasteiger charge is 2.22. The zero-order valence-electron chi connectivity index (χ0n) is 10.5. The van der Waals surface area contributed by atoms with E-state index in [1.165, 1.54) is 0 Å². The van der Waals surface area contributed by atoms with Crippen LogP contribution in [0, 0.1) is 0 Å². The molecule has 1 N–H and O–H groups in total. The van der Waals surface area contributed by atoms with Gasteiger partial charge in [0.2, 0.25) is 5.95 Å². The molecule has 0 bridgehead atoms. The van der Waals surface area contributed by atoms with E-state index in [4.69, 9.17) is 4.74 Å². The first-order chi connectivity index (χ1) is 9.35. The smallest absolute Gasteiger partial charge is 0.256 e. The number of nitrogens with zero attached hydrogens (tertiary/aromatic N) is 5. The van der Waals surface area contributed by atoms with Crippen molar-refractivity contribution in [3.8, 4) is 5.95 Å². The number of rotatable bonds is 5.